The normalized spacial score (nSPS) is 31.6. The van der Waals surface area contributed by atoms with Crippen molar-refractivity contribution in [3.63, 3.8) is 0 Å². The molecular weight excluding hydrogens is 244 g/mol. The topological polar surface area (TPSA) is 80.9 Å². The van der Waals surface area contributed by atoms with Gasteiger partial charge < -0.3 is 20.4 Å². The molecule has 106 valence electrons. The van der Waals surface area contributed by atoms with Gasteiger partial charge in [-0.1, -0.05) is 30.3 Å². The number of aliphatic hydroxyl groups excluding tert-OH is 3. The first-order valence-electron chi connectivity index (χ1n) is 6.80. The zero-order valence-corrected chi connectivity index (χ0v) is 10.9. The highest BCUT2D eigenvalue weighted by atomic mass is 16.3. The molecule has 2 rings (SSSR count). The summed E-state index contributed by atoms with van der Waals surface area (Å²) in [4.78, 5) is 0. The van der Waals surface area contributed by atoms with E-state index in [1.54, 1.807) is 0 Å². The van der Waals surface area contributed by atoms with E-state index in [0.717, 1.165) is 5.56 Å². The van der Waals surface area contributed by atoms with E-state index in [2.05, 4.69) is 0 Å². The number of hydrogen-bond acceptors (Lipinski definition) is 4. The summed E-state index contributed by atoms with van der Waals surface area (Å²) >= 11 is 0. The summed E-state index contributed by atoms with van der Waals surface area (Å²) in [5, 5.41) is 40.0. The highest BCUT2D eigenvalue weighted by Gasteiger charge is 2.49. The first-order chi connectivity index (χ1) is 9.13. The van der Waals surface area contributed by atoms with Gasteiger partial charge in [0, 0.05) is 11.8 Å². The molecule has 0 amide bonds. The van der Waals surface area contributed by atoms with E-state index in [-0.39, 0.29) is 13.2 Å². The smallest absolute Gasteiger partial charge is 0.0812 e. The van der Waals surface area contributed by atoms with E-state index >= 15 is 0 Å². The Labute approximate surface area is 113 Å². The SMILES string of the molecule is OCC(CO)C1(O)CCCC(O)C1c1ccccc1. The van der Waals surface area contributed by atoms with E-state index in [0.29, 0.717) is 19.3 Å². The van der Waals surface area contributed by atoms with Crippen LogP contribution in [0.2, 0.25) is 0 Å². The maximum atomic E-state index is 10.9. The number of benzene rings is 1. The summed E-state index contributed by atoms with van der Waals surface area (Å²) in [5.74, 6) is -1.10. The van der Waals surface area contributed by atoms with Crippen molar-refractivity contribution in [2.24, 2.45) is 5.92 Å². The van der Waals surface area contributed by atoms with Gasteiger partial charge in [-0.05, 0) is 24.8 Å². The van der Waals surface area contributed by atoms with E-state index in [1.165, 1.54) is 0 Å². The van der Waals surface area contributed by atoms with Gasteiger partial charge in [-0.3, -0.25) is 0 Å². The molecule has 1 aromatic rings. The Kier molecular flexibility index (Phi) is 4.58. The van der Waals surface area contributed by atoms with Crippen LogP contribution in [0.5, 0.6) is 0 Å². The molecule has 1 aromatic carbocycles. The van der Waals surface area contributed by atoms with Gasteiger partial charge in [-0.2, -0.15) is 0 Å². The van der Waals surface area contributed by atoms with Crippen LogP contribution in [0, 0.1) is 5.92 Å². The first-order valence-corrected chi connectivity index (χ1v) is 6.80. The number of hydrogen-bond donors (Lipinski definition) is 4. The van der Waals surface area contributed by atoms with E-state index in [4.69, 9.17) is 0 Å². The molecular formula is C15H22O4. The van der Waals surface area contributed by atoms with Crippen LogP contribution < -0.4 is 0 Å². The lowest BCUT2D eigenvalue weighted by molar-refractivity contribution is -0.128. The quantitative estimate of drug-likeness (QED) is 0.645. The van der Waals surface area contributed by atoms with E-state index in [1.807, 2.05) is 30.3 Å². The lowest BCUT2D eigenvalue weighted by Crippen LogP contribution is -2.53. The van der Waals surface area contributed by atoms with E-state index in [9.17, 15) is 20.4 Å². The van der Waals surface area contributed by atoms with Gasteiger partial charge in [-0.25, -0.2) is 0 Å². The zero-order chi connectivity index (χ0) is 13.9. The molecule has 4 heteroatoms. The second kappa shape index (κ2) is 6.01. The van der Waals surface area contributed by atoms with Gasteiger partial charge in [0.2, 0.25) is 0 Å². The molecule has 0 aromatic heterocycles. The molecule has 0 saturated heterocycles. The number of rotatable bonds is 4. The van der Waals surface area contributed by atoms with Crippen LogP contribution in [0.1, 0.15) is 30.7 Å². The fourth-order valence-corrected chi connectivity index (χ4v) is 3.25. The van der Waals surface area contributed by atoms with Gasteiger partial charge in [0.1, 0.15) is 0 Å². The van der Waals surface area contributed by atoms with Crippen LogP contribution in [0.15, 0.2) is 30.3 Å². The Morgan fingerprint density at radius 3 is 2.37 bits per heavy atom. The second-order valence-electron chi connectivity index (χ2n) is 5.40. The van der Waals surface area contributed by atoms with Crippen LogP contribution >= 0.6 is 0 Å². The maximum absolute atomic E-state index is 10.9. The molecule has 1 aliphatic rings. The average Bonchev–Trinajstić information content (AvgIpc) is 2.41. The lowest BCUT2D eigenvalue weighted by Gasteiger charge is -2.46. The fourth-order valence-electron chi connectivity index (χ4n) is 3.25. The first kappa shape index (κ1) is 14.5. The van der Waals surface area contributed by atoms with Crippen molar-refractivity contribution in [1.29, 1.82) is 0 Å². The summed E-state index contributed by atoms with van der Waals surface area (Å²) in [6, 6.07) is 9.35. The van der Waals surface area contributed by atoms with Gasteiger partial charge in [-0.15, -0.1) is 0 Å². The third-order valence-electron chi connectivity index (χ3n) is 4.31. The highest BCUT2D eigenvalue weighted by Crippen LogP contribution is 2.45. The molecule has 0 heterocycles. The Morgan fingerprint density at radius 2 is 1.79 bits per heavy atom. The molecule has 0 spiro atoms. The third kappa shape index (κ3) is 2.67. The molecule has 3 atom stereocenters. The molecule has 3 unspecified atom stereocenters. The van der Waals surface area contributed by atoms with Crippen LogP contribution in [0.3, 0.4) is 0 Å². The van der Waals surface area contributed by atoms with Crippen LogP contribution in [0.25, 0.3) is 0 Å². The van der Waals surface area contributed by atoms with Gasteiger partial charge in [0.15, 0.2) is 0 Å². The Morgan fingerprint density at radius 1 is 1.16 bits per heavy atom. The van der Waals surface area contributed by atoms with Crippen molar-refractivity contribution < 1.29 is 20.4 Å². The van der Waals surface area contributed by atoms with Crippen molar-refractivity contribution in [3.8, 4) is 0 Å². The molecule has 0 bridgehead atoms. The predicted octanol–water partition coefficient (Wildman–Crippen LogP) is 0.647. The van der Waals surface area contributed by atoms with Crippen LogP contribution in [0.4, 0.5) is 0 Å². The van der Waals surface area contributed by atoms with Crippen molar-refractivity contribution >= 4 is 0 Å². The Hall–Kier alpha value is -0.940. The molecule has 1 saturated carbocycles. The van der Waals surface area contributed by atoms with Crippen molar-refractivity contribution in [2.45, 2.75) is 36.9 Å². The molecule has 1 fully saturated rings. The molecule has 19 heavy (non-hydrogen) atoms. The van der Waals surface area contributed by atoms with Crippen LogP contribution in [-0.2, 0) is 0 Å². The van der Waals surface area contributed by atoms with Crippen LogP contribution in [-0.4, -0.2) is 45.3 Å². The largest absolute Gasteiger partial charge is 0.396 e. The molecule has 0 aliphatic heterocycles. The van der Waals surface area contributed by atoms with E-state index < -0.39 is 23.5 Å². The minimum Gasteiger partial charge on any atom is -0.396 e. The molecule has 4 N–H and O–H groups in total. The Balaban J connectivity index is 2.39. The monoisotopic (exact) mass is 266 g/mol. The molecule has 1 aliphatic carbocycles. The minimum absolute atomic E-state index is 0.289. The molecule has 4 nitrogen and oxygen atoms in total. The number of aliphatic hydroxyl groups is 4. The fraction of sp³-hybridized carbons (Fsp3) is 0.600. The summed E-state index contributed by atoms with van der Waals surface area (Å²) in [6.07, 6.45) is 1.15. The average molecular weight is 266 g/mol. The summed E-state index contributed by atoms with van der Waals surface area (Å²) < 4.78 is 0. The summed E-state index contributed by atoms with van der Waals surface area (Å²) in [6.45, 7) is -0.577. The van der Waals surface area contributed by atoms with Crippen molar-refractivity contribution in [3.05, 3.63) is 35.9 Å². The highest BCUT2D eigenvalue weighted by molar-refractivity contribution is 5.26. The minimum atomic E-state index is -1.26. The third-order valence-corrected chi connectivity index (χ3v) is 4.31. The summed E-state index contributed by atoms with van der Waals surface area (Å²) in [5.41, 5.74) is -0.410. The lowest BCUT2D eigenvalue weighted by atomic mass is 9.65. The predicted molar refractivity (Wildman–Crippen MR) is 71.7 cm³/mol. The Bertz CT molecular complexity index is 390. The zero-order valence-electron chi connectivity index (χ0n) is 10.9. The van der Waals surface area contributed by atoms with Crippen molar-refractivity contribution in [1.82, 2.24) is 0 Å². The second-order valence-corrected chi connectivity index (χ2v) is 5.40. The van der Waals surface area contributed by atoms with Gasteiger partial charge in [0.05, 0.1) is 24.9 Å². The van der Waals surface area contributed by atoms with Gasteiger partial charge >= 0.3 is 0 Å². The molecule has 0 radical (unpaired) electrons. The standard InChI is InChI=1S/C15H22O4/c16-9-12(10-17)15(19)8-4-7-13(18)14(15)11-5-2-1-3-6-11/h1-3,5-6,12-14,16-19H,4,7-10H2. The van der Waals surface area contributed by atoms with Crippen molar-refractivity contribution in [2.75, 3.05) is 13.2 Å². The maximum Gasteiger partial charge on any atom is 0.0812 e. The summed E-state index contributed by atoms with van der Waals surface area (Å²) in [7, 11) is 0. The van der Waals surface area contributed by atoms with Gasteiger partial charge in [0.25, 0.3) is 0 Å².